The third-order valence-electron chi connectivity index (χ3n) is 21.3. The highest BCUT2D eigenvalue weighted by molar-refractivity contribution is 6.15. The second-order valence-electron chi connectivity index (χ2n) is 26.7. The zero-order valence-corrected chi connectivity index (χ0v) is 54.6. The van der Waals surface area contributed by atoms with Crippen LogP contribution in [0.5, 0.6) is 0 Å². The number of aromatic nitrogens is 6. The molecule has 99 heavy (non-hydrogen) atoms. The molecule has 5 aromatic heterocycles. The Morgan fingerprint density at radius 3 is 1.40 bits per heavy atom. The maximum Gasteiger partial charge on any atom is 0.238 e. The van der Waals surface area contributed by atoms with Crippen LogP contribution in [0.25, 0.3) is 133 Å². The van der Waals surface area contributed by atoms with Gasteiger partial charge in [-0.05, 0) is 162 Å². The first kappa shape index (κ1) is 56.6. The molecule has 0 spiro atoms. The van der Waals surface area contributed by atoms with Crippen molar-refractivity contribution < 1.29 is 0 Å². The summed E-state index contributed by atoms with van der Waals surface area (Å²) in [7, 11) is 0. The fourth-order valence-corrected chi connectivity index (χ4v) is 16.8. The van der Waals surface area contributed by atoms with Gasteiger partial charge in [-0.2, -0.15) is 9.97 Å². The van der Waals surface area contributed by atoms with Crippen LogP contribution in [0, 0.1) is 5.92 Å². The molecule has 0 saturated heterocycles. The number of hydrogen-bond acceptors (Lipinski definition) is 4. The summed E-state index contributed by atoms with van der Waals surface area (Å²) in [5.74, 6) is 2.25. The summed E-state index contributed by atoms with van der Waals surface area (Å²) in [4.78, 5) is 14.4. The number of fused-ring (bicyclic) bond motifs is 15. The fraction of sp³-hybridized carbons (Fsp3) is 0.0549. The van der Waals surface area contributed by atoms with Crippen molar-refractivity contribution in [3.63, 3.8) is 0 Å². The van der Waals surface area contributed by atoms with Crippen LogP contribution in [0.3, 0.4) is 0 Å². The first-order chi connectivity index (χ1) is 48.9. The van der Waals surface area contributed by atoms with E-state index in [9.17, 15) is 0 Å². The molecule has 2 atom stereocenters. The smallest absolute Gasteiger partial charge is 0.238 e. The third-order valence-corrected chi connectivity index (χ3v) is 21.3. The van der Waals surface area contributed by atoms with E-state index in [4.69, 9.17) is 9.97 Å². The van der Waals surface area contributed by atoms with Crippen molar-refractivity contribution in [1.82, 2.24) is 28.2 Å². The SMILES string of the molecule is CC1C=C2N(c3cc(-n4c5ccccc5c5ccc(-c6ccc7c(c6)c6ccccc6n7-c6ccccc6)cc54)nc(-n4c5ccccc5c5ccc(-c6ccc7c(c6)c6ccccc6n7-c6ccccc6)cc54)n3)c3ccccc3[C@]2(C)/C1=C\Cc1ccccc1Nc1ccccc1. The number of benzene rings is 13. The topological polar surface area (TPSA) is 60.8 Å². The fourth-order valence-electron chi connectivity index (χ4n) is 16.8. The lowest BCUT2D eigenvalue weighted by Gasteiger charge is -2.28. The maximum absolute atomic E-state index is 5.96. The first-order valence-electron chi connectivity index (χ1n) is 34.3. The molecule has 20 rings (SSSR count). The molecule has 468 valence electrons. The molecule has 6 heterocycles. The Kier molecular flexibility index (Phi) is 12.7. The van der Waals surface area contributed by atoms with Crippen LogP contribution < -0.4 is 10.2 Å². The molecule has 1 unspecified atom stereocenters. The van der Waals surface area contributed by atoms with Gasteiger partial charge in [0.1, 0.15) is 11.6 Å². The molecule has 1 N–H and O–H groups in total. The van der Waals surface area contributed by atoms with Crippen LogP contribution in [0.15, 0.2) is 339 Å². The summed E-state index contributed by atoms with van der Waals surface area (Å²) >= 11 is 0. The van der Waals surface area contributed by atoms with E-state index in [1.165, 1.54) is 66.0 Å². The Labute approximate surface area is 572 Å². The second kappa shape index (κ2) is 22.1. The lowest BCUT2D eigenvalue weighted by molar-refractivity contribution is 0.652. The lowest BCUT2D eigenvalue weighted by atomic mass is 9.75. The maximum atomic E-state index is 5.96. The molecule has 1 aliphatic heterocycles. The van der Waals surface area contributed by atoms with Gasteiger partial charge in [0.2, 0.25) is 5.95 Å². The van der Waals surface area contributed by atoms with Gasteiger partial charge in [0.05, 0.1) is 55.2 Å². The Hall–Kier alpha value is -12.8. The first-order valence-corrected chi connectivity index (χ1v) is 34.3. The average molecular weight is 1270 g/mol. The summed E-state index contributed by atoms with van der Waals surface area (Å²) in [5, 5.41) is 13.1. The molecule has 1 aliphatic carbocycles. The summed E-state index contributed by atoms with van der Waals surface area (Å²) in [6.07, 6.45) is 5.75. The number of nitrogens with zero attached hydrogens (tertiary/aromatic N) is 7. The zero-order valence-electron chi connectivity index (χ0n) is 54.6. The number of allylic oxidation sites excluding steroid dienone is 3. The molecule has 18 aromatic rings. The van der Waals surface area contributed by atoms with Crippen LogP contribution >= 0.6 is 0 Å². The molecule has 0 saturated carbocycles. The standard InChI is InChI=1S/C91H64N8/c1-58-52-87-91(2,75(58)49-44-59-24-12-18-36-77(59)92-64-25-6-3-7-26-64)76-35-17-23-41-84(76)99(87)89-57-88(97-80-39-21-13-31-67(80)71-47-42-62(55-85(71)97)60-45-50-82-73(53-60)69-33-15-19-37-78(69)95(82)65-27-8-4-9-28-65)93-90(94-89)98-81-40-22-14-32-68(81)72-48-43-63(56-86(72)98)61-46-51-83-74(54-61)70-34-16-20-38-79(70)96(83)66-29-10-5-11-30-66/h3-43,45-58,92H,44H2,1-2H3/b75-49-/t58?,91-/m0/s1. The van der Waals surface area contributed by atoms with Crippen LogP contribution in [-0.2, 0) is 11.8 Å². The highest BCUT2D eigenvalue weighted by atomic mass is 15.3. The van der Waals surface area contributed by atoms with Crippen LogP contribution in [-0.4, -0.2) is 28.2 Å². The Balaban J connectivity index is 0.796. The number of hydrogen-bond donors (Lipinski definition) is 1. The van der Waals surface area contributed by atoms with Gasteiger partial charge in [0, 0.05) is 77.6 Å². The van der Waals surface area contributed by atoms with E-state index in [1.54, 1.807) is 0 Å². The van der Waals surface area contributed by atoms with E-state index in [0.29, 0.717) is 5.95 Å². The van der Waals surface area contributed by atoms with Crippen molar-refractivity contribution in [3.8, 4) is 45.4 Å². The van der Waals surface area contributed by atoms with Crippen LogP contribution in [0.1, 0.15) is 25.0 Å². The van der Waals surface area contributed by atoms with Crippen molar-refractivity contribution in [1.29, 1.82) is 0 Å². The predicted octanol–water partition coefficient (Wildman–Crippen LogP) is 23.1. The van der Waals surface area contributed by atoms with Gasteiger partial charge in [-0.3, -0.25) is 14.0 Å². The van der Waals surface area contributed by atoms with Crippen molar-refractivity contribution in [3.05, 3.63) is 350 Å². The van der Waals surface area contributed by atoms with Crippen molar-refractivity contribution in [2.75, 3.05) is 10.2 Å². The van der Waals surface area contributed by atoms with Gasteiger partial charge in [-0.1, -0.05) is 225 Å². The van der Waals surface area contributed by atoms with Gasteiger partial charge in [0.25, 0.3) is 0 Å². The van der Waals surface area contributed by atoms with Crippen LogP contribution in [0.2, 0.25) is 0 Å². The highest BCUT2D eigenvalue weighted by Gasteiger charge is 2.51. The molecule has 0 amide bonds. The summed E-state index contributed by atoms with van der Waals surface area (Å²) in [6, 6.07) is 115. The lowest BCUT2D eigenvalue weighted by Crippen LogP contribution is -2.26. The summed E-state index contributed by atoms with van der Waals surface area (Å²) in [6.45, 7) is 4.79. The average Bonchev–Trinajstić information content (AvgIpc) is 1.54. The van der Waals surface area contributed by atoms with Gasteiger partial charge in [-0.15, -0.1) is 0 Å². The van der Waals surface area contributed by atoms with E-state index in [2.05, 4.69) is 370 Å². The van der Waals surface area contributed by atoms with Gasteiger partial charge in [0.15, 0.2) is 0 Å². The molecule has 0 fully saturated rings. The highest BCUT2D eigenvalue weighted by Crippen LogP contribution is 2.60. The minimum absolute atomic E-state index is 0.130. The van der Waals surface area contributed by atoms with E-state index in [1.807, 2.05) is 0 Å². The molecule has 13 aromatic carbocycles. The van der Waals surface area contributed by atoms with Crippen molar-refractivity contribution in [2.45, 2.75) is 25.7 Å². The van der Waals surface area contributed by atoms with E-state index in [0.717, 1.165) is 112 Å². The van der Waals surface area contributed by atoms with Crippen molar-refractivity contribution >= 4 is 110 Å². The Morgan fingerprint density at radius 2 is 0.808 bits per heavy atom. The molecule has 8 heteroatoms. The molecular weight excluding hydrogens is 1210 g/mol. The summed E-state index contributed by atoms with van der Waals surface area (Å²) < 4.78 is 9.48. The van der Waals surface area contributed by atoms with E-state index < -0.39 is 5.41 Å². The minimum atomic E-state index is -0.477. The largest absolute Gasteiger partial charge is 0.355 e. The second-order valence-corrected chi connectivity index (χ2v) is 26.7. The summed E-state index contributed by atoms with van der Waals surface area (Å²) in [5.41, 5.74) is 23.5. The quantitative estimate of drug-likeness (QED) is 0.131. The molecular formula is C91H64N8. The predicted molar refractivity (Wildman–Crippen MR) is 411 cm³/mol. The van der Waals surface area contributed by atoms with E-state index in [-0.39, 0.29) is 5.92 Å². The molecule has 0 bridgehead atoms. The van der Waals surface area contributed by atoms with Gasteiger partial charge < -0.3 is 14.5 Å². The Bertz CT molecular complexity index is 6110. The number of rotatable bonds is 11. The van der Waals surface area contributed by atoms with Crippen molar-refractivity contribution in [2.24, 2.45) is 5.92 Å². The van der Waals surface area contributed by atoms with Gasteiger partial charge in [-0.25, -0.2) is 0 Å². The number of para-hydroxylation sites is 9. The minimum Gasteiger partial charge on any atom is -0.355 e. The molecule has 2 aliphatic rings. The number of nitrogens with one attached hydrogen (secondary N) is 1. The van der Waals surface area contributed by atoms with Gasteiger partial charge >= 0.3 is 0 Å². The molecule has 8 nitrogen and oxygen atoms in total. The third kappa shape index (κ3) is 8.72. The van der Waals surface area contributed by atoms with Crippen LogP contribution in [0.4, 0.5) is 22.9 Å². The number of anilines is 4. The normalized spacial score (nSPS) is 15.6. The zero-order chi connectivity index (χ0) is 65.5. The van der Waals surface area contributed by atoms with E-state index >= 15 is 0 Å². The monoisotopic (exact) mass is 1270 g/mol. The Morgan fingerprint density at radius 1 is 0.374 bits per heavy atom. The molecule has 0 radical (unpaired) electrons.